The van der Waals surface area contributed by atoms with Crippen molar-refractivity contribution in [1.29, 1.82) is 0 Å². The van der Waals surface area contributed by atoms with Crippen LogP contribution in [-0.2, 0) is 27.3 Å². The fraction of sp³-hybridized carbons (Fsp3) is 0.435. The fourth-order valence-electron chi connectivity index (χ4n) is 3.76. The fourth-order valence-corrected chi connectivity index (χ4v) is 3.94. The van der Waals surface area contributed by atoms with Gasteiger partial charge in [0, 0.05) is 43.5 Å². The van der Waals surface area contributed by atoms with Gasteiger partial charge in [-0.3, -0.25) is 14.5 Å². The van der Waals surface area contributed by atoms with Gasteiger partial charge in [0.05, 0.1) is 18.6 Å². The Labute approximate surface area is 192 Å². The molecule has 2 aromatic rings. The van der Waals surface area contributed by atoms with E-state index in [9.17, 15) is 14.0 Å². The van der Waals surface area contributed by atoms with E-state index in [4.69, 9.17) is 21.1 Å². The number of ether oxygens (including phenoxy) is 2. The number of piperazine rings is 1. The summed E-state index contributed by atoms with van der Waals surface area (Å²) in [4.78, 5) is 32.7. The molecule has 0 aliphatic carbocycles. The Balaban J connectivity index is 1.59. The molecule has 0 bridgehead atoms. The number of aromatic nitrogens is 1. The van der Waals surface area contributed by atoms with Gasteiger partial charge in [-0.1, -0.05) is 23.7 Å². The molecule has 2 atom stereocenters. The van der Waals surface area contributed by atoms with E-state index in [1.165, 1.54) is 25.4 Å². The number of hydrogen-bond donors (Lipinski definition) is 0. The van der Waals surface area contributed by atoms with Crippen molar-refractivity contribution in [1.82, 2.24) is 14.8 Å². The Morgan fingerprint density at radius 3 is 2.59 bits per heavy atom. The van der Waals surface area contributed by atoms with Gasteiger partial charge < -0.3 is 14.4 Å². The summed E-state index contributed by atoms with van der Waals surface area (Å²) in [5, 5.41) is 0.363. The van der Waals surface area contributed by atoms with Crippen LogP contribution in [0.3, 0.4) is 0 Å². The highest BCUT2D eigenvalue weighted by molar-refractivity contribution is 6.30. The van der Waals surface area contributed by atoms with Crippen LogP contribution in [0.4, 0.5) is 4.39 Å². The molecule has 0 saturated carbocycles. The van der Waals surface area contributed by atoms with E-state index in [1.54, 1.807) is 23.1 Å². The summed E-state index contributed by atoms with van der Waals surface area (Å²) in [6, 6.07) is 8.16. The summed E-state index contributed by atoms with van der Waals surface area (Å²) < 4.78 is 23.5. The minimum atomic E-state index is -0.454. The van der Waals surface area contributed by atoms with E-state index in [0.29, 0.717) is 30.2 Å². The topological polar surface area (TPSA) is 72.0 Å². The molecule has 1 fully saturated rings. The Morgan fingerprint density at radius 1 is 1.19 bits per heavy atom. The summed E-state index contributed by atoms with van der Waals surface area (Å²) in [6.07, 6.45) is 1.35. The van der Waals surface area contributed by atoms with Gasteiger partial charge in [0.25, 0.3) is 5.91 Å². The van der Waals surface area contributed by atoms with Gasteiger partial charge in [-0.2, -0.15) is 0 Å². The second-order valence-corrected chi connectivity index (χ2v) is 8.40. The van der Waals surface area contributed by atoms with E-state index in [2.05, 4.69) is 16.8 Å². The van der Waals surface area contributed by atoms with Crippen LogP contribution in [-0.4, -0.2) is 65.6 Å². The molecule has 1 aliphatic heterocycles. The maximum absolute atomic E-state index is 13.2. The zero-order valence-corrected chi connectivity index (χ0v) is 19.1. The molecule has 9 heteroatoms. The largest absolute Gasteiger partial charge is 0.469 e. The van der Waals surface area contributed by atoms with Gasteiger partial charge in [-0.15, -0.1) is 0 Å². The predicted molar refractivity (Wildman–Crippen MR) is 118 cm³/mol. The van der Waals surface area contributed by atoms with Crippen LogP contribution in [0, 0.1) is 5.82 Å². The molecule has 0 N–H and O–H groups in total. The van der Waals surface area contributed by atoms with Crippen LogP contribution in [0.2, 0.25) is 5.02 Å². The Kier molecular flexibility index (Phi) is 8.04. The molecule has 1 amide bonds. The first-order valence-electron chi connectivity index (χ1n) is 10.4. The van der Waals surface area contributed by atoms with Crippen molar-refractivity contribution in [2.24, 2.45) is 0 Å². The van der Waals surface area contributed by atoms with Gasteiger partial charge in [0.2, 0.25) is 5.88 Å². The average molecular weight is 464 g/mol. The maximum atomic E-state index is 13.2. The summed E-state index contributed by atoms with van der Waals surface area (Å²) >= 11 is 5.97. The normalized spacial score (nSPS) is 19.0. The minimum absolute atomic E-state index is 0.0181. The Hall–Kier alpha value is -2.71. The molecule has 7 nitrogen and oxygen atoms in total. The third-order valence-corrected chi connectivity index (χ3v) is 5.73. The lowest BCUT2D eigenvalue weighted by Gasteiger charge is -2.44. The number of rotatable bonds is 7. The number of amides is 1. The van der Waals surface area contributed by atoms with Crippen LogP contribution in [0.25, 0.3) is 0 Å². The highest BCUT2D eigenvalue weighted by Gasteiger charge is 2.32. The highest BCUT2D eigenvalue weighted by Crippen LogP contribution is 2.22. The molecule has 172 valence electrons. The summed E-state index contributed by atoms with van der Waals surface area (Å²) in [5.74, 6) is -0.684. The lowest BCUT2D eigenvalue weighted by Crippen LogP contribution is -2.58. The number of hydrogen-bond acceptors (Lipinski definition) is 6. The van der Waals surface area contributed by atoms with E-state index in [-0.39, 0.29) is 42.7 Å². The van der Waals surface area contributed by atoms with Crippen LogP contribution in [0.1, 0.15) is 25.0 Å². The highest BCUT2D eigenvalue weighted by atomic mass is 35.5. The SMILES string of the molecule is COC(=O)Cc1cc(Cl)cnc1OCC(=O)N1C[C@H](C)N(Cc2ccc(F)cc2)C[C@H]1C. The number of carbonyl (C=O) groups excluding carboxylic acids is 2. The van der Waals surface area contributed by atoms with Crippen LogP contribution in [0.5, 0.6) is 5.88 Å². The maximum Gasteiger partial charge on any atom is 0.310 e. The summed E-state index contributed by atoms with van der Waals surface area (Å²) in [7, 11) is 1.29. The van der Waals surface area contributed by atoms with Crippen molar-refractivity contribution in [2.75, 3.05) is 26.8 Å². The number of esters is 1. The second kappa shape index (κ2) is 10.7. The van der Waals surface area contributed by atoms with Gasteiger partial charge in [-0.05, 0) is 37.6 Å². The van der Waals surface area contributed by atoms with Crippen molar-refractivity contribution >= 4 is 23.5 Å². The Morgan fingerprint density at radius 2 is 1.91 bits per heavy atom. The third kappa shape index (κ3) is 6.17. The number of nitrogens with zero attached hydrogens (tertiary/aromatic N) is 3. The van der Waals surface area contributed by atoms with Crippen molar-refractivity contribution in [3.63, 3.8) is 0 Å². The molecule has 0 radical (unpaired) electrons. The van der Waals surface area contributed by atoms with Gasteiger partial charge in [0.1, 0.15) is 5.82 Å². The molecule has 3 rings (SSSR count). The lowest BCUT2D eigenvalue weighted by atomic mass is 10.1. The molecule has 0 unspecified atom stereocenters. The zero-order valence-electron chi connectivity index (χ0n) is 18.4. The van der Waals surface area contributed by atoms with Crippen molar-refractivity contribution in [3.05, 3.63) is 58.5 Å². The lowest BCUT2D eigenvalue weighted by molar-refractivity contribution is -0.140. The van der Waals surface area contributed by atoms with Gasteiger partial charge in [0.15, 0.2) is 6.61 Å². The molecule has 1 aromatic carbocycles. The van der Waals surface area contributed by atoms with Crippen LogP contribution in [0.15, 0.2) is 36.5 Å². The quantitative estimate of drug-likeness (QED) is 0.588. The number of methoxy groups -OCH3 is 1. The molecular formula is C23H27ClFN3O4. The average Bonchev–Trinajstić information content (AvgIpc) is 2.76. The van der Waals surface area contributed by atoms with Crippen molar-refractivity contribution in [3.8, 4) is 5.88 Å². The first-order valence-corrected chi connectivity index (χ1v) is 10.8. The number of carbonyl (C=O) groups is 2. The van der Waals surface area contributed by atoms with Crippen LogP contribution < -0.4 is 4.74 Å². The number of benzene rings is 1. The van der Waals surface area contributed by atoms with E-state index < -0.39 is 5.97 Å². The smallest absolute Gasteiger partial charge is 0.310 e. The number of pyridine rings is 1. The molecule has 2 heterocycles. The van der Waals surface area contributed by atoms with Crippen molar-refractivity contribution < 1.29 is 23.5 Å². The van der Waals surface area contributed by atoms with Gasteiger partial charge in [-0.25, -0.2) is 9.37 Å². The first kappa shape index (κ1) is 23.9. The predicted octanol–water partition coefficient (Wildman–Crippen LogP) is 3.09. The Bertz CT molecular complexity index is 957. The molecule has 1 aliphatic rings. The molecule has 1 saturated heterocycles. The van der Waals surface area contributed by atoms with E-state index in [1.807, 2.05) is 6.92 Å². The molecule has 1 aromatic heterocycles. The standard InChI is InChI=1S/C23H27ClFN3O4/c1-15-12-28(16(2)11-27(15)13-17-4-6-20(25)7-5-17)21(29)14-32-23-18(9-22(30)31-3)8-19(24)10-26-23/h4-8,10,15-16H,9,11-14H2,1-3H3/t15-,16+/m0/s1. The molecular weight excluding hydrogens is 437 g/mol. The van der Waals surface area contributed by atoms with Gasteiger partial charge >= 0.3 is 5.97 Å². The first-order chi connectivity index (χ1) is 15.3. The summed E-state index contributed by atoms with van der Waals surface area (Å²) in [5.41, 5.74) is 1.49. The van der Waals surface area contributed by atoms with Crippen LogP contribution >= 0.6 is 11.6 Å². The third-order valence-electron chi connectivity index (χ3n) is 5.52. The molecule has 0 spiro atoms. The number of halogens is 2. The van der Waals surface area contributed by atoms with E-state index >= 15 is 0 Å². The monoisotopic (exact) mass is 463 g/mol. The van der Waals surface area contributed by atoms with E-state index in [0.717, 1.165) is 5.56 Å². The minimum Gasteiger partial charge on any atom is -0.469 e. The zero-order chi connectivity index (χ0) is 23.3. The summed E-state index contributed by atoms with van der Waals surface area (Å²) in [6.45, 7) is 5.79. The van der Waals surface area contributed by atoms with Crippen molar-refractivity contribution in [2.45, 2.75) is 38.9 Å². The molecule has 32 heavy (non-hydrogen) atoms. The second-order valence-electron chi connectivity index (χ2n) is 7.96.